The van der Waals surface area contributed by atoms with Gasteiger partial charge in [-0.15, -0.1) is 0 Å². The number of benzene rings is 1. The van der Waals surface area contributed by atoms with Gasteiger partial charge in [0.05, 0.1) is 5.69 Å². The van der Waals surface area contributed by atoms with E-state index in [9.17, 15) is 10.2 Å². The molecule has 3 N–H and O–H groups in total. The van der Waals surface area contributed by atoms with Gasteiger partial charge >= 0.3 is 0 Å². The first-order chi connectivity index (χ1) is 10.1. The third-order valence-corrected chi connectivity index (χ3v) is 4.21. The van der Waals surface area contributed by atoms with E-state index in [1.807, 2.05) is 31.2 Å². The lowest BCUT2D eigenvalue weighted by Crippen LogP contribution is -2.21. The summed E-state index contributed by atoms with van der Waals surface area (Å²) < 4.78 is 1.46. The fourth-order valence-corrected chi connectivity index (χ4v) is 3.01. The number of aromatic hydroxyl groups is 2. The number of nitrogens with zero attached hydrogens (tertiary/aromatic N) is 1. The fourth-order valence-electron chi connectivity index (χ4n) is 3.01. The van der Waals surface area contributed by atoms with Gasteiger partial charge in [0.25, 0.3) is 0 Å². The molecule has 1 aromatic heterocycles. The molecule has 1 aliphatic rings. The van der Waals surface area contributed by atoms with E-state index in [0.717, 1.165) is 24.1 Å². The highest BCUT2D eigenvalue weighted by molar-refractivity contribution is 5.62. The fraction of sp³-hybridized carbons (Fsp3) is 0.412. The Morgan fingerprint density at radius 3 is 2.38 bits per heavy atom. The quantitative estimate of drug-likeness (QED) is 0.801. The third-order valence-electron chi connectivity index (χ3n) is 4.21. The molecule has 1 aliphatic carbocycles. The van der Waals surface area contributed by atoms with Gasteiger partial charge in [0, 0.05) is 12.1 Å². The summed E-state index contributed by atoms with van der Waals surface area (Å²) in [5.74, 6) is 0.122. The van der Waals surface area contributed by atoms with Gasteiger partial charge in [0.1, 0.15) is 5.69 Å². The summed E-state index contributed by atoms with van der Waals surface area (Å²) in [6, 6.07) is 9.69. The molecule has 0 amide bonds. The first-order valence-electron chi connectivity index (χ1n) is 7.62. The molecule has 4 nitrogen and oxygen atoms in total. The predicted octanol–water partition coefficient (Wildman–Crippen LogP) is 3.94. The lowest BCUT2D eigenvalue weighted by Gasteiger charge is -2.23. The second-order valence-corrected chi connectivity index (χ2v) is 5.89. The molecule has 0 spiro atoms. The molecular weight excluding hydrogens is 264 g/mol. The van der Waals surface area contributed by atoms with Gasteiger partial charge in [-0.1, -0.05) is 37.0 Å². The van der Waals surface area contributed by atoms with Crippen LogP contribution in [-0.2, 0) is 0 Å². The van der Waals surface area contributed by atoms with Crippen molar-refractivity contribution in [3.63, 3.8) is 0 Å². The summed E-state index contributed by atoms with van der Waals surface area (Å²) in [5.41, 5.74) is 2.51. The lowest BCUT2D eigenvalue weighted by atomic mass is 9.95. The van der Waals surface area contributed by atoms with Crippen molar-refractivity contribution < 1.29 is 10.2 Å². The number of hydrogen-bond acceptors (Lipinski definition) is 3. The van der Waals surface area contributed by atoms with E-state index in [4.69, 9.17) is 0 Å². The van der Waals surface area contributed by atoms with Crippen molar-refractivity contribution in [3.05, 3.63) is 35.9 Å². The van der Waals surface area contributed by atoms with E-state index in [2.05, 4.69) is 5.32 Å². The average molecular weight is 286 g/mol. The van der Waals surface area contributed by atoms with Crippen molar-refractivity contribution >= 4 is 5.69 Å². The number of rotatable bonds is 3. The van der Waals surface area contributed by atoms with Crippen molar-refractivity contribution in [2.45, 2.75) is 45.1 Å². The van der Waals surface area contributed by atoms with Gasteiger partial charge in [0.2, 0.25) is 11.8 Å². The van der Waals surface area contributed by atoms with Crippen LogP contribution in [0.2, 0.25) is 0 Å². The molecule has 21 heavy (non-hydrogen) atoms. The molecule has 0 radical (unpaired) electrons. The lowest BCUT2D eigenvalue weighted by molar-refractivity contribution is 0.402. The SMILES string of the molecule is Cc1ccc(-n2c(O)cc(NC3CCCCC3)c2O)cc1. The van der Waals surface area contributed by atoms with Crippen LogP contribution in [0.15, 0.2) is 30.3 Å². The maximum atomic E-state index is 10.4. The molecule has 3 rings (SSSR count). The van der Waals surface area contributed by atoms with Crippen molar-refractivity contribution in [2.75, 3.05) is 5.32 Å². The van der Waals surface area contributed by atoms with Gasteiger partial charge < -0.3 is 15.5 Å². The molecule has 2 aromatic rings. The van der Waals surface area contributed by atoms with Crippen LogP contribution in [0.3, 0.4) is 0 Å². The highest BCUT2D eigenvalue weighted by atomic mass is 16.3. The van der Waals surface area contributed by atoms with Gasteiger partial charge in [-0.25, -0.2) is 4.57 Å². The van der Waals surface area contributed by atoms with Crippen LogP contribution in [0.1, 0.15) is 37.7 Å². The summed E-state index contributed by atoms with van der Waals surface area (Å²) in [6.45, 7) is 2.01. The van der Waals surface area contributed by atoms with Crippen molar-refractivity contribution in [3.8, 4) is 17.4 Å². The van der Waals surface area contributed by atoms with Gasteiger partial charge in [0.15, 0.2) is 0 Å². The van der Waals surface area contributed by atoms with E-state index in [-0.39, 0.29) is 11.8 Å². The van der Waals surface area contributed by atoms with Crippen LogP contribution in [-0.4, -0.2) is 20.8 Å². The van der Waals surface area contributed by atoms with Crippen molar-refractivity contribution in [1.29, 1.82) is 0 Å². The summed E-state index contributed by atoms with van der Waals surface area (Å²) in [4.78, 5) is 0. The van der Waals surface area contributed by atoms with Crippen LogP contribution >= 0.6 is 0 Å². The minimum atomic E-state index is 0.0506. The molecule has 0 atom stereocenters. The maximum absolute atomic E-state index is 10.4. The molecule has 0 unspecified atom stereocenters. The Labute approximate surface area is 125 Å². The van der Waals surface area contributed by atoms with E-state index in [0.29, 0.717) is 11.7 Å². The highest BCUT2D eigenvalue weighted by Gasteiger charge is 2.19. The molecule has 1 fully saturated rings. The molecule has 1 aromatic carbocycles. The van der Waals surface area contributed by atoms with Crippen LogP contribution in [0.4, 0.5) is 5.69 Å². The summed E-state index contributed by atoms with van der Waals surface area (Å²) >= 11 is 0. The zero-order valence-electron chi connectivity index (χ0n) is 12.3. The summed E-state index contributed by atoms with van der Waals surface area (Å²) in [7, 11) is 0. The molecule has 1 saturated carbocycles. The minimum absolute atomic E-state index is 0.0506. The number of hydrogen-bond donors (Lipinski definition) is 3. The number of nitrogens with one attached hydrogen (secondary N) is 1. The molecule has 0 aliphatic heterocycles. The Morgan fingerprint density at radius 1 is 1.05 bits per heavy atom. The number of anilines is 1. The van der Waals surface area contributed by atoms with E-state index < -0.39 is 0 Å². The topological polar surface area (TPSA) is 57.4 Å². The highest BCUT2D eigenvalue weighted by Crippen LogP contribution is 2.37. The third kappa shape index (κ3) is 2.84. The Hall–Kier alpha value is -2.10. The molecular formula is C17H22N2O2. The molecule has 0 saturated heterocycles. The molecule has 112 valence electrons. The standard InChI is InChI=1S/C17H22N2O2/c1-12-7-9-14(10-8-12)19-16(20)11-15(17(19)21)18-13-5-3-2-4-6-13/h7-11,13,18,20-21H,2-6H2,1H3. The number of aryl methyl sites for hydroxylation is 1. The zero-order valence-corrected chi connectivity index (χ0v) is 12.3. The smallest absolute Gasteiger partial charge is 0.222 e. The molecule has 1 heterocycles. The van der Waals surface area contributed by atoms with Crippen molar-refractivity contribution in [1.82, 2.24) is 4.57 Å². The maximum Gasteiger partial charge on any atom is 0.222 e. The number of aromatic nitrogens is 1. The van der Waals surface area contributed by atoms with Crippen LogP contribution in [0.25, 0.3) is 5.69 Å². The first-order valence-corrected chi connectivity index (χ1v) is 7.62. The Balaban J connectivity index is 1.87. The van der Waals surface area contributed by atoms with Gasteiger partial charge in [-0.05, 0) is 31.9 Å². The van der Waals surface area contributed by atoms with Gasteiger partial charge in [-0.2, -0.15) is 0 Å². The molecule has 4 heteroatoms. The minimum Gasteiger partial charge on any atom is -0.494 e. The Bertz CT molecular complexity index is 610. The monoisotopic (exact) mass is 286 g/mol. The van der Waals surface area contributed by atoms with Crippen LogP contribution in [0, 0.1) is 6.92 Å². The van der Waals surface area contributed by atoms with E-state index >= 15 is 0 Å². The van der Waals surface area contributed by atoms with Crippen LogP contribution < -0.4 is 5.32 Å². The summed E-state index contributed by atoms with van der Waals surface area (Å²) in [5, 5.41) is 23.9. The van der Waals surface area contributed by atoms with E-state index in [1.165, 1.54) is 23.8 Å². The average Bonchev–Trinajstić information content (AvgIpc) is 2.76. The second kappa shape index (κ2) is 5.72. The second-order valence-electron chi connectivity index (χ2n) is 5.89. The Kier molecular flexibility index (Phi) is 3.78. The first kappa shape index (κ1) is 13.9. The van der Waals surface area contributed by atoms with Crippen molar-refractivity contribution in [2.24, 2.45) is 0 Å². The van der Waals surface area contributed by atoms with Gasteiger partial charge in [-0.3, -0.25) is 0 Å². The summed E-state index contributed by atoms with van der Waals surface area (Å²) in [6.07, 6.45) is 5.98. The largest absolute Gasteiger partial charge is 0.494 e. The Morgan fingerprint density at radius 2 is 1.71 bits per heavy atom. The van der Waals surface area contributed by atoms with Crippen LogP contribution in [0.5, 0.6) is 11.8 Å². The molecule has 0 bridgehead atoms. The van der Waals surface area contributed by atoms with E-state index in [1.54, 1.807) is 6.07 Å². The zero-order chi connectivity index (χ0) is 14.8. The predicted molar refractivity (Wildman–Crippen MR) is 84.3 cm³/mol. The normalized spacial score (nSPS) is 16.0.